The predicted molar refractivity (Wildman–Crippen MR) is 251 cm³/mol. The molecule has 5 aliphatic heterocycles. The number of aliphatic hydroxyl groups is 14. The number of methoxy groups -OCH3 is 1. The third-order valence-electron chi connectivity index (χ3n) is 13.4. The lowest BCUT2D eigenvalue weighted by Crippen LogP contribution is -2.64. The third-order valence-corrected chi connectivity index (χ3v) is 13.4. The standard InChI is InChI=1S/C49H60O29/c1-68-26-9-18(4-5-21(26)54)44-27(12-20-24(70-44)10-19(53)11-25(20)72-47-42(66)38(62)34(58)29(14-51)75-47)73-49-45(78-48-43(67)39(63)35(59)30(15-52)76-48)40(64)36(60)31(77-49)16-69-32(56)7-3-17-2-6-23(22(55)8-17)71-46-41(65)37(61)33(57)28(13-50)74-46/h2-12,28-31,33-55,57-67H,13-16H2,1H3. The fourth-order valence-corrected chi connectivity index (χ4v) is 8.96. The molecule has 3 aromatic rings. The number of fused-ring (bicyclic) bond motifs is 1. The average Bonchev–Trinajstić information content (AvgIpc) is 3.44. The molecule has 17 N–H and O–H groups in total. The summed E-state index contributed by atoms with van der Waals surface area (Å²) >= 11 is 0. The summed E-state index contributed by atoms with van der Waals surface area (Å²) in [7, 11) is 1.26. The molecule has 0 saturated carbocycles. The number of hydrogen-bond acceptors (Lipinski definition) is 29. The van der Waals surface area contributed by atoms with Gasteiger partial charge >= 0.3 is 5.97 Å². The highest BCUT2D eigenvalue weighted by Crippen LogP contribution is 2.47. The van der Waals surface area contributed by atoms with Gasteiger partial charge in [0.2, 0.25) is 18.9 Å². The fraction of sp³-hybridized carbons (Fsp3) is 0.531. The van der Waals surface area contributed by atoms with E-state index < -0.39 is 173 Å². The number of carbonyl (C=O) groups is 1. The maximum atomic E-state index is 13.2. The van der Waals surface area contributed by atoms with Crippen LogP contribution < -0.4 is 18.9 Å². The van der Waals surface area contributed by atoms with Crippen LogP contribution in [0.3, 0.4) is 0 Å². The molecule has 4 fully saturated rings. The van der Waals surface area contributed by atoms with Crippen molar-refractivity contribution in [1.29, 1.82) is 0 Å². The molecule has 5 aliphatic rings. The Morgan fingerprint density at radius 1 is 0.551 bits per heavy atom. The highest BCUT2D eigenvalue weighted by atomic mass is 16.8. The molecular formula is C49H60O29. The Kier molecular flexibility index (Phi) is 18.5. The molecule has 29 nitrogen and oxygen atoms in total. The van der Waals surface area contributed by atoms with Gasteiger partial charge in [0.1, 0.15) is 121 Å². The van der Waals surface area contributed by atoms with Gasteiger partial charge in [-0.3, -0.25) is 0 Å². The zero-order chi connectivity index (χ0) is 56.4. The van der Waals surface area contributed by atoms with Crippen molar-refractivity contribution in [3.8, 4) is 40.2 Å². The van der Waals surface area contributed by atoms with Gasteiger partial charge < -0.3 is 139 Å². The van der Waals surface area contributed by atoms with Crippen molar-refractivity contribution in [3.05, 3.63) is 77.1 Å². The van der Waals surface area contributed by atoms with E-state index in [-0.39, 0.29) is 51.2 Å². The van der Waals surface area contributed by atoms with Crippen LogP contribution in [0.25, 0.3) is 12.2 Å². The first-order chi connectivity index (χ1) is 37.2. The van der Waals surface area contributed by atoms with Crippen molar-refractivity contribution in [1.82, 2.24) is 0 Å². The van der Waals surface area contributed by atoms with Crippen LogP contribution in [-0.2, 0) is 38.0 Å². The lowest BCUT2D eigenvalue weighted by atomic mass is 9.97. The molecule has 8 rings (SSSR count). The molecule has 430 valence electrons. The van der Waals surface area contributed by atoms with E-state index in [1.165, 1.54) is 49.6 Å². The molecule has 3 aromatic carbocycles. The lowest BCUT2D eigenvalue weighted by Gasteiger charge is -2.46. The molecule has 21 atom stereocenters. The summed E-state index contributed by atoms with van der Waals surface area (Å²) in [6.45, 7) is -3.27. The molecule has 5 heterocycles. The molecule has 0 spiro atoms. The zero-order valence-corrected chi connectivity index (χ0v) is 40.8. The normalized spacial score (nSPS) is 36.9. The second kappa shape index (κ2) is 24.7. The quantitative estimate of drug-likeness (QED) is 0.0443. The van der Waals surface area contributed by atoms with Gasteiger partial charge in [0.25, 0.3) is 0 Å². The summed E-state index contributed by atoms with van der Waals surface area (Å²) in [4.78, 5) is 13.2. The first kappa shape index (κ1) is 58.4. The maximum absolute atomic E-state index is 13.2. The Bertz CT molecular complexity index is 2590. The van der Waals surface area contributed by atoms with Crippen molar-refractivity contribution < 1.29 is 144 Å². The van der Waals surface area contributed by atoms with E-state index >= 15 is 0 Å². The van der Waals surface area contributed by atoms with E-state index in [1.807, 2.05) is 0 Å². The number of aromatic hydroxyl groups is 3. The van der Waals surface area contributed by atoms with Crippen LogP contribution in [0.1, 0.15) is 22.8 Å². The van der Waals surface area contributed by atoms with Crippen molar-refractivity contribution in [3.63, 3.8) is 0 Å². The minimum absolute atomic E-state index is 0.0642. The van der Waals surface area contributed by atoms with E-state index in [0.29, 0.717) is 0 Å². The number of aliphatic hydroxyl groups excluding tert-OH is 14. The number of ether oxygens (including phenoxy) is 11. The second-order valence-electron chi connectivity index (χ2n) is 18.6. The highest BCUT2D eigenvalue weighted by molar-refractivity contribution is 5.87. The van der Waals surface area contributed by atoms with Crippen LogP contribution >= 0.6 is 0 Å². The Labute approximate surface area is 440 Å². The molecule has 0 aromatic heterocycles. The van der Waals surface area contributed by atoms with Crippen molar-refractivity contribution in [2.24, 2.45) is 0 Å². The van der Waals surface area contributed by atoms with Crippen LogP contribution in [0.15, 0.2) is 60.4 Å². The number of carbonyl (C=O) groups excluding carboxylic acids is 1. The van der Waals surface area contributed by atoms with Gasteiger partial charge in [-0.2, -0.15) is 0 Å². The topological polar surface area (TPSA) is 463 Å². The average molecular weight is 1110 g/mol. The molecular weight excluding hydrogens is 1050 g/mol. The van der Waals surface area contributed by atoms with E-state index in [4.69, 9.17) is 52.1 Å². The van der Waals surface area contributed by atoms with Crippen LogP contribution in [0.4, 0.5) is 0 Å². The second-order valence-corrected chi connectivity index (χ2v) is 18.6. The van der Waals surface area contributed by atoms with Gasteiger partial charge in [-0.05, 0) is 42.0 Å². The van der Waals surface area contributed by atoms with Gasteiger partial charge in [-0.1, -0.05) is 12.1 Å². The lowest BCUT2D eigenvalue weighted by molar-refractivity contribution is -0.364. The molecule has 21 unspecified atom stereocenters. The van der Waals surface area contributed by atoms with E-state index in [0.717, 1.165) is 24.3 Å². The Morgan fingerprint density at radius 2 is 1.10 bits per heavy atom. The monoisotopic (exact) mass is 1110 g/mol. The summed E-state index contributed by atoms with van der Waals surface area (Å²) in [5, 5.41) is 179. The molecule has 0 amide bonds. The predicted octanol–water partition coefficient (Wildman–Crippen LogP) is -5.45. The Hall–Kier alpha value is -5.75. The first-order valence-electron chi connectivity index (χ1n) is 24.0. The first-order valence-corrected chi connectivity index (χ1v) is 24.0. The molecule has 4 saturated heterocycles. The fourth-order valence-electron chi connectivity index (χ4n) is 8.96. The SMILES string of the molecule is COc1cc(C2Oc3cc(O)cc(OC4OC(CO)C(O)C(O)C4O)c3C=C2OC2OC(COC(=O)C=Cc3ccc(OC4OC(CO)C(O)C(O)C4O)c(O)c3)C(O)C(O)C2OC2OC(CO)C(O)C(O)C2O)ccc1O. The molecule has 78 heavy (non-hydrogen) atoms. The summed E-state index contributed by atoms with van der Waals surface area (Å²) in [5.41, 5.74) is 0.274. The van der Waals surface area contributed by atoms with E-state index in [1.54, 1.807) is 0 Å². The highest BCUT2D eigenvalue weighted by Gasteiger charge is 2.53. The van der Waals surface area contributed by atoms with Crippen molar-refractivity contribution in [2.45, 2.75) is 129 Å². The maximum Gasteiger partial charge on any atom is 0.330 e. The summed E-state index contributed by atoms with van der Waals surface area (Å²) < 4.78 is 63.3. The van der Waals surface area contributed by atoms with Gasteiger partial charge in [0, 0.05) is 23.8 Å². The van der Waals surface area contributed by atoms with Gasteiger partial charge in [-0.15, -0.1) is 0 Å². The molecule has 29 heteroatoms. The smallest absolute Gasteiger partial charge is 0.330 e. The van der Waals surface area contributed by atoms with E-state index in [2.05, 4.69) is 0 Å². The van der Waals surface area contributed by atoms with Crippen molar-refractivity contribution >= 4 is 18.1 Å². The molecule has 0 aliphatic carbocycles. The van der Waals surface area contributed by atoms with Crippen LogP contribution in [-0.4, -0.2) is 249 Å². The number of benzene rings is 3. The van der Waals surface area contributed by atoms with Crippen LogP contribution in [0, 0.1) is 0 Å². The number of rotatable bonds is 17. The summed E-state index contributed by atoms with van der Waals surface area (Å²) in [5.74, 6) is -3.48. The summed E-state index contributed by atoms with van der Waals surface area (Å²) in [6, 6.07) is 9.83. The molecule has 0 bridgehead atoms. The van der Waals surface area contributed by atoms with E-state index in [9.17, 15) is 91.6 Å². The largest absolute Gasteiger partial charge is 0.508 e. The minimum Gasteiger partial charge on any atom is -0.508 e. The Balaban J connectivity index is 1.08. The Morgan fingerprint density at radius 3 is 1.68 bits per heavy atom. The number of esters is 1. The van der Waals surface area contributed by atoms with Crippen molar-refractivity contribution in [2.75, 3.05) is 33.5 Å². The van der Waals surface area contributed by atoms with Crippen LogP contribution in [0.2, 0.25) is 0 Å². The third kappa shape index (κ3) is 12.2. The number of phenolic OH excluding ortho intramolecular Hbond substituents is 3. The molecule has 0 radical (unpaired) electrons. The summed E-state index contributed by atoms with van der Waals surface area (Å²) in [6.07, 6.45) is -34.3. The van der Waals surface area contributed by atoms with Gasteiger partial charge in [-0.25, -0.2) is 4.79 Å². The van der Waals surface area contributed by atoms with Gasteiger partial charge in [0.05, 0.1) is 32.5 Å². The minimum atomic E-state index is -2.13. The van der Waals surface area contributed by atoms with Gasteiger partial charge in [0.15, 0.2) is 41.5 Å². The zero-order valence-electron chi connectivity index (χ0n) is 40.8. The van der Waals surface area contributed by atoms with Crippen LogP contribution in [0.5, 0.6) is 40.2 Å². The number of phenols is 3. The number of hydrogen-bond donors (Lipinski definition) is 17.